The van der Waals surface area contributed by atoms with Gasteiger partial charge in [0.1, 0.15) is 0 Å². The summed E-state index contributed by atoms with van der Waals surface area (Å²) in [5, 5.41) is 3.04. The predicted molar refractivity (Wildman–Crippen MR) is 128 cm³/mol. The molecule has 1 N–H and O–H groups in total. The van der Waals surface area contributed by atoms with Crippen molar-refractivity contribution in [3.05, 3.63) is 35.4 Å². The van der Waals surface area contributed by atoms with Crippen LogP contribution >= 0.6 is 0 Å². The van der Waals surface area contributed by atoms with Crippen molar-refractivity contribution in [3.8, 4) is 0 Å². The number of likely N-dealkylation sites (tertiary alicyclic amines) is 2. The third kappa shape index (κ3) is 6.49. The molecule has 2 saturated heterocycles. The van der Waals surface area contributed by atoms with E-state index in [0.717, 1.165) is 49.7 Å². The van der Waals surface area contributed by atoms with Crippen molar-refractivity contribution in [2.24, 2.45) is 11.8 Å². The number of carbonyl (C=O) groups excluding carboxylic acids is 3. The number of nitrogens with zero attached hydrogens (tertiary/aromatic N) is 2. The quantitative estimate of drug-likeness (QED) is 0.495. The highest BCUT2D eigenvalue weighted by Crippen LogP contribution is 2.35. The maximum absolute atomic E-state index is 13.4. The fourth-order valence-corrected chi connectivity index (χ4v) is 4.98. The summed E-state index contributed by atoms with van der Waals surface area (Å²) in [4.78, 5) is 42.4. The summed E-state index contributed by atoms with van der Waals surface area (Å²) in [5.74, 6) is -0.656. The van der Waals surface area contributed by atoms with Gasteiger partial charge in [-0.1, -0.05) is 43.2 Å². The second kappa shape index (κ2) is 12.1. The van der Waals surface area contributed by atoms with Crippen molar-refractivity contribution in [2.45, 2.75) is 65.3 Å². The molecule has 7 heteroatoms. The lowest BCUT2D eigenvalue weighted by atomic mass is 9.87. The molecular formula is C26H39N3O4. The lowest BCUT2D eigenvalue weighted by Crippen LogP contribution is -2.52. The number of piperidine rings is 2. The van der Waals surface area contributed by atoms with E-state index in [0.29, 0.717) is 32.8 Å². The molecule has 1 aromatic carbocycles. The summed E-state index contributed by atoms with van der Waals surface area (Å²) in [6.07, 6.45) is 4.98. The van der Waals surface area contributed by atoms with Crippen molar-refractivity contribution in [1.29, 1.82) is 0 Å². The molecule has 2 aliphatic heterocycles. The molecule has 0 unspecified atom stereocenters. The fraction of sp³-hybridized carbons (Fsp3) is 0.654. The van der Waals surface area contributed by atoms with Crippen LogP contribution in [0.4, 0.5) is 4.79 Å². The van der Waals surface area contributed by atoms with Crippen LogP contribution in [0.15, 0.2) is 24.3 Å². The molecule has 2 heterocycles. The Kier molecular flexibility index (Phi) is 9.15. The van der Waals surface area contributed by atoms with E-state index >= 15 is 0 Å². The number of aryl methyl sites for hydroxylation is 1. The summed E-state index contributed by atoms with van der Waals surface area (Å²) in [5.41, 5.74) is 2.28. The van der Waals surface area contributed by atoms with E-state index in [1.165, 1.54) is 0 Å². The first kappa shape index (κ1) is 25.1. The van der Waals surface area contributed by atoms with Crippen LogP contribution in [0, 0.1) is 18.8 Å². The monoisotopic (exact) mass is 457 g/mol. The minimum Gasteiger partial charge on any atom is -0.466 e. The molecule has 7 nitrogen and oxygen atoms in total. The number of hydrogen-bond donors (Lipinski definition) is 1. The molecule has 0 radical (unpaired) electrons. The molecule has 0 bridgehead atoms. The lowest BCUT2D eigenvalue weighted by Gasteiger charge is -2.42. The summed E-state index contributed by atoms with van der Waals surface area (Å²) >= 11 is 0. The van der Waals surface area contributed by atoms with Gasteiger partial charge in [0.05, 0.1) is 24.5 Å². The first-order valence-corrected chi connectivity index (χ1v) is 12.5. The van der Waals surface area contributed by atoms with Gasteiger partial charge < -0.3 is 19.9 Å². The van der Waals surface area contributed by atoms with E-state index in [4.69, 9.17) is 4.74 Å². The molecule has 3 amide bonds. The topological polar surface area (TPSA) is 79.0 Å². The van der Waals surface area contributed by atoms with Crippen LogP contribution in [0.25, 0.3) is 0 Å². The number of esters is 1. The number of urea groups is 1. The Morgan fingerprint density at radius 2 is 1.91 bits per heavy atom. The highest BCUT2D eigenvalue weighted by molar-refractivity contribution is 5.82. The Hall–Kier alpha value is -2.57. The zero-order valence-electron chi connectivity index (χ0n) is 20.3. The third-order valence-electron chi connectivity index (χ3n) is 6.78. The minimum atomic E-state index is -0.250. The van der Waals surface area contributed by atoms with Crippen LogP contribution in [0.2, 0.25) is 0 Å². The van der Waals surface area contributed by atoms with E-state index in [2.05, 4.69) is 37.4 Å². The number of rotatable bonds is 7. The SMILES string of the molecule is CCCCNC(=O)N1C[C@H](C(=O)N2CCC[C@@H](C(=O)OCC)C2)CC[C@H]1c1cccc(C)c1. The van der Waals surface area contributed by atoms with Crippen LogP contribution in [0.1, 0.15) is 69.5 Å². The van der Waals surface area contributed by atoms with E-state index in [-0.39, 0.29) is 35.8 Å². The van der Waals surface area contributed by atoms with Gasteiger partial charge in [-0.05, 0) is 51.5 Å². The first-order chi connectivity index (χ1) is 15.9. The van der Waals surface area contributed by atoms with Crippen molar-refractivity contribution in [3.63, 3.8) is 0 Å². The molecule has 3 rings (SSSR count). The molecule has 2 aliphatic rings. The number of amides is 3. The van der Waals surface area contributed by atoms with Gasteiger partial charge in [-0.2, -0.15) is 0 Å². The molecule has 3 atom stereocenters. The molecule has 0 aromatic heterocycles. The summed E-state index contributed by atoms with van der Waals surface area (Å²) in [7, 11) is 0. The average Bonchev–Trinajstić information content (AvgIpc) is 2.83. The number of ether oxygens (including phenoxy) is 1. The van der Waals surface area contributed by atoms with Gasteiger partial charge in [-0.3, -0.25) is 9.59 Å². The molecular weight excluding hydrogens is 418 g/mol. The molecule has 0 aliphatic carbocycles. The molecule has 0 saturated carbocycles. The van der Waals surface area contributed by atoms with Crippen LogP contribution < -0.4 is 5.32 Å². The number of hydrogen-bond acceptors (Lipinski definition) is 4. The molecule has 0 spiro atoms. The second-order valence-electron chi connectivity index (χ2n) is 9.32. The van der Waals surface area contributed by atoms with Crippen LogP contribution in [-0.4, -0.2) is 60.5 Å². The predicted octanol–water partition coefficient (Wildman–Crippen LogP) is 4.06. The summed E-state index contributed by atoms with van der Waals surface area (Å²) in [6.45, 7) is 8.42. The maximum atomic E-state index is 13.4. The zero-order chi connectivity index (χ0) is 23.8. The largest absolute Gasteiger partial charge is 0.466 e. The zero-order valence-corrected chi connectivity index (χ0v) is 20.3. The first-order valence-electron chi connectivity index (χ1n) is 12.5. The molecule has 182 valence electrons. The van der Waals surface area contributed by atoms with E-state index in [1.807, 2.05) is 15.9 Å². The normalized spacial score (nSPS) is 23.2. The number of carbonyl (C=O) groups is 3. The Balaban J connectivity index is 1.72. The van der Waals surface area contributed by atoms with Crippen LogP contribution in [0.5, 0.6) is 0 Å². The van der Waals surface area contributed by atoms with Crippen molar-refractivity contribution in [2.75, 3.05) is 32.8 Å². The highest BCUT2D eigenvalue weighted by Gasteiger charge is 2.39. The fourth-order valence-electron chi connectivity index (χ4n) is 4.98. The van der Waals surface area contributed by atoms with Gasteiger partial charge in [0.15, 0.2) is 0 Å². The van der Waals surface area contributed by atoms with Gasteiger partial charge >= 0.3 is 12.0 Å². The average molecular weight is 458 g/mol. The molecule has 33 heavy (non-hydrogen) atoms. The lowest BCUT2D eigenvalue weighted by molar-refractivity contribution is -0.152. The van der Waals surface area contributed by atoms with Gasteiger partial charge in [0.25, 0.3) is 0 Å². The molecule has 2 fully saturated rings. The number of nitrogens with one attached hydrogen (secondary N) is 1. The summed E-state index contributed by atoms with van der Waals surface area (Å²) in [6, 6.07) is 8.15. The second-order valence-corrected chi connectivity index (χ2v) is 9.32. The highest BCUT2D eigenvalue weighted by atomic mass is 16.5. The van der Waals surface area contributed by atoms with Crippen molar-refractivity contribution >= 4 is 17.9 Å². The smallest absolute Gasteiger partial charge is 0.317 e. The Morgan fingerprint density at radius 1 is 1.09 bits per heavy atom. The van der Waals surface area contributed by atoms with Gasteiger partial charge in [-0.25, -0.2) is 4.79 Å². The van der Waals surface area contributed by atoms with Gasteiger partial charge in [0.2, 0.25) is 5.91 Å². The summed E-state index contributed by atoms with van der Waals surface area (Å²) < 4.78 is 5.18. The number of unbranched alkanes of at least 4 members (excludes halogenated alkanes) is 1. The van der Waals surface area contributed by atoms with Crippen LogP contribution in [-0.2, 0) is 14.3 Å². The van der Waals surface area contributed by atoms with Gasteiger partial charge in [-0.15, -0.1) is 0 Å². The van der Waals surface area contributed by atoms with E-state index in [9.17, 15) is 14.4 Å². The minimum absolute atomic E-state index is 0.0378. The Morgan fingerprint density at radius 3 is 2.64 bits per heavy atom. The molecule has 1 aromatic rings. The van der Waals surface area contributed by atoms with Crippen molar-refractivity contribution in [1.82, 2.24) is 15.1 Å². The van der Waals surface area contributed by atoms with E-state index < -0.39 is 0 Å². The number of benzene rings is 1. The standard InChI is InChI=1S/C26H39N3O4/c1-4-6-14-27-26(32)29-18-21(12-13-23(29)20-10-7-9-19(3)16-20)24(30)28-15-8-11-22(17-28)25(31)33-5-2/h7,9-10,16,21-23H,4-6,8,11-15,17-18H2,1-3H3,(H,27,32)/t21-,22-,23+/m1/s1. The van der Waals surface area contributed by atoms with E-state index in [1.54, 1.807) is 6.92 Å². The van der Waals surface area contributed by atoms with Crippen molar-refractivity contribution < 1.29 is 19.1 Å². The van der Waals surface area contributed by atoms with Crippen LogP contribution in [0.3, 0.4) is 0 Å². The van der Waals surface area contributed by atoms with Gasteiger partial charge in [0, 0.05) is 26.2 Å². The Bertz CT molecular complexity index is 828. The Labute approximate surface area is 197 Å². The third-order valence-corrected chi connectivity index (χ3v) is 6.78. The maximum Gasteiger partial charge on any atom is 0.317 e.